The molecule has 0 saturated carbocycles. The fourth-order valence-electron chi connectivity index (χ4n) is 0.870. The normalized spacial score (nSPS) is 10.8. The lowest BCUT2D eigenvalue weighted by Gasteiger charge is -2.03. The van der Waals surface area contributed by atoms with Crippen LogP contribution in [0.25, 0.3) is 0 Å². The van der Waals surface area contributed by atoms with Gasteiger partial charge in [0.25, 0.3) is 0 Å². The zero-order valence-corrected chi connectivity index (χ0v) is 8.55. The van der Waals surface area contributed by atoms with Crippen molar-refractivity contribution in [3.05, 3.63) is 24.3 Å². The maximum absolute atomic E-state index is 12.4. The van der Waals surface area contributed by atoms with Crippen LogP contribution in [0.15, 0.2) is 29.2 Å². The molecular weight excluding hydrogens is 225 g/mol. The Morgan fingerprint density at radius 2 is 1.87 bits per heavy atom. The SMILES string of the molecule is COC(=O)Nc1ccc(S(=O)(=O)F)cc1. The maximum Gasteiger partial charge on any atom is 0.411 e. The highest BCUT2D eigenvalue weighted by molar-refractivity contribution is 7.86. The highest BCUT2D eigenvalue weighted by Crippen LogP contribution is 2.15. The summed E-state index contributed by atoms with van der Waals surface area (Å²) in [6.07, 6.45) is -0.689. The molecule has 1 N–H and O–H groups in total. The molecule has 0 heterocycles. The molecule has 0 aliphatic carbocycles. The van der Waals surface area contributed by atoms with Crippen LogP contribution in [-0.2, 0) is 15.0 Å². The maximum atomic E-state index is 12.4. The Labute approximate surface area is 86.1 Å². The summed E-state index contributed by atoms with van der Waals surface area (Å²) in [6.45, 7) is 0. The van der Waals surface area contributed by atoms with Crippen molar-refractivity contribution in [3.8, 4) is 0 Å². The number of nitrogens with one attached hydrogen (secondary N) is 1. The molecule has 7 heteroatoms. The lowest BCUT2D eigenvalue weighted by atomic mass is 10.3. The summed E-state index contributed by atoms with van der Waals surface area (Å²) < 4.78 is 37.6. The highest BCUT2D eigenvalue weighted by Gasteiger charge is 2.11. The third-order valence-corrected chi connectivity index (χ3v) is 2.40. The largest absolute Gasteiger partial charge is 0.453 e. The first-order valence-corrected chi connectivity index (χ1v) is 5.21. The molecule has 15 heavy (non-hydrogen) atoms. The summed E-state index contributed by atoms with van der Waals surface area (Å²) in [6, 6.07) is 4.59. The zero-order valence-electron chi connectivity index (χ0n) is 7.73. The number of halogens is 1. The van der Waals surface area contributed by atoms with Gasteiger partial charge in [-0.1, -0.05) is 0 Å². The Kier molecular flexibility index (Phi) is 3.25. The van der Waals surface area contributed by atoms with Crippen LogP contribution in [0, 0.1) is 0 Å². The van der Waals surface area contributed by atoms with Crippen molar-refractivity contribution in [3.63, 3.8) is 0 Å². The summed E-state index contributed by atoms with van der Waals surface area (Å²) in [5.74, 6) is 0. The average molecular weight is 233 g/mol. The van der Waals surface area contributed by atoms with E-state index in [9.17, 15) is 17.1 Å². The van der Waals surface area contributed by atoms with Crippen molar-refractivity contribution in [1.82, 2.24) is 0 Å². The van der Waals surface area contributed by atoms with Crippen LogP contribution in [0.4, 0.5) is 14.4 Å². The zero-order chi connectivity index (χ0) is 11.5. The molecule has 1 aromatic rings. The number of carbonyl (C=O) groups excluding carboxylic acids is 1. The van der Waals surface area contributed by atoms with E-state index in [4.69, 9.17) is 0 Å². The number of amides is 1. The molecule has 0 spiro atoms. The Balaban J connectivity index is 2.86. The summed E-state index contributed by atoms with van der Waals surface area (Å²) in [5.41, 5.74) is 0.314. The van der Waals surface area contributed by atoms with Gasteiger partial charge in [-0.25, -0.2) is 4.79 Å². The lowest BCUT2D eigenvalue weighted by Crippen LogP contribution is -2.10. The number of ether oxygens (including phenoxy) is 1. The smallest absolute Gasteiger partial charge is 0.411 e. The molecule has 0 radical (unpaired) electrons. The Hall–Kier alpha value is -1.63. The summed E-state index contributed by atoms with van der Waals surface area (Å²) in [4.78, 5) is 10.3. The van der Waals surface area contributed by atoms with Crippen LogP contribution < -0.4 is 5.32 Å². The fourth-order valence-corrected chi connectivity index (χ4v) is 1.33. The van der Waals surface area contributed by atoms with Crippen molar-refractivity contribution in [2.24, 2.45) is 0 Å². The predicted octanol–water partition coefficient (Wildman–Crippen LogP) is 1.52. The molecule has 1 rings (SSSR count). The van der Waals surface area contributed by atoms with Gasteiger partial charge in [0.1, 0.15) is 0 Å². The predicted molar refractivity (Wildman–Crippen MR) is 50.8 cm³/mol. The number of anilines is 1. The number of benzene rings is 1. The van der Waals surface area contributed by atoms with Gasteiger partial charge in [-0.05, 0) is 24.3 Å². The van der Waals surface area contributed by atoms with Crippen LogP contribution in [0.5, 0.6) is 0 Å². The van der Waals surface area contributed by atoms with Crippen LogP contribution in [0.1, 0.15) is 0 Å². The van der Waals surface area contributed by atoms with E-state index in [1.807, 2.05) is 0 Å². The van der Waals surface area contributed by atoms with E-state index in [1.165, 1.54) is 19.2 Å². The second-order valence-electron chi connectivity index (χ2n) is 2.58. The minimum absolute atomic E-state index is 0.314. The second kappa shape index (κ2) is 4.26. The van der Waals surface area contributed by atoms with Crippen LogP contribution in [0.2, 0.25) is 0 Å². The molecule has 0 unspecified atom stereocenters. The average Bonchev–Trinajstić information content (AvgIpc) is 2.17. The first-order valence-electron chi connectivity index (χ1n) is 3.83. The second-order valence-corrected chi connectivity index (χ2v) is 3.93. The Morgan fingerprint density at radius 3 is 2.27 bits per heavy atom. The van der Waals surface area contributed by atoms with Crippen molar-refractivity contribution >= 4 is 22.0 Å². The molecule has 0 aromatic heterocycles. The van der Waals surface area contributed by atoms with Gasteiger partial charge in [-0.15, -0.1) is 3.89 Å². The van der Waals surface area contributed by atoms with Gasteiger partial charge < -0.3 is 4.74 Å². The van der Waals surface area contributed by atoms with E-state index in [0.29, 0.717) is 5.69 Å². The number of methoxy groups -OCH3 is 1. The van der Waals surface area contributed by atoms with Crippen LogP contribution >= 0.6 is 0 Å². The fraction of sp³-hybridized carbons (Fsp3) is 0.125. The molecule has 0 aliphatic heterocycles. The third kappa shape index (κ3) is 3.21. The van der Waals surface area contributed by atoms with Gasteiger partial charge in [0.2, 0.25) is 0 Å². The molecule has 5 nitrogen and oxygen atoms in total. The van der Waals surface area contributed by atoms with E-state index in [-0.39, 0.29) is 0 Å². The number of hydrogen-bond acceptors (Lipinski definition) is 4. The van der Waals surface area contributed by atoms with Crippen LogP contribution in [-0.4, -0.2) is 21.6 Å². The first kappa shape index (κ1) is 11.4. The molecule has 1 aromatic carbocycles. The summed E-state index contributed by atoms with van der Waals surface area (Å²) in [5, 5.41) is 2.29. The standard InChI is InChI=1S/C8H8FNO4S/c1-14-8(11)10-6-2-4-7(5-3-6)15(9,12)13/h2-5H,1H3,(H,10,11). The molecule has 1 amide bonds. The molecule has 0 saturated heterocycles. The van der Waals surface area contributed by atoms with Gasteiger partial charge in [0, 0.05) is 5.69 Å². The number of rotatable bonds is 2. The quantitative estimate of drug-likeness (QED) is 0.786. The van der Waals surface area contributed by atoms with Gasteiger partial charge >= 0.3 is 16.3 Å². The van der Waals surface area contributed by atoms with Crippen molar-refractivity contribution in [2.75, 3.05) is 12.4 Å². The third-order valence-electron chi connectivity index (χ3n) is 1.57. The highest BCUT2D eigenvalue weighted by atomic mass is 32.3. The molecule has 0 aliphatic rings. The van der Waals surface area contributed by atoms with E-state index in [1.54, 1.807) is 0 Å². The van der Waals surface area contributed by atoms with E-state index in [2.05, 4.69) is 10.1 Å². The van der Waals surface area contributed by atoms with Gasteiger partial charge in [-0.2, -0.15) is 8.42 Å². The van der Waals surface area contributed by atoms with E-state index >= 15 is 0 Å². The van der Waals surface area contributed by atoms with E-state index < -0.39 is 21.2 Å². The van der Waals surface area contributed by atoms with Crippen molar-refractivity contribution in [2.45, 2.75) is 4.90 Å². The minimum Gasteiger partial charge on any atom is -0.453 e. The molecule has 82 valence electrons. The summed E-state index contributed by atoms with van der Waals surface area (Å²) in [7, 11) is -3.51. The van der Waals surface area contributed by atoms with Crippen molar-refractivity contribution < 1.29 is 21.8 Å². The molecular formula is C8H8FNO4S. The Bertz CT molecular complexity index is 454. The molecule has 0 bridgehead atoms. The molecule has 0 atom stereocenters. The monoisotopic (exact) mass is 233 g/mol. The lowest BCUT2D eigenvalue weighted by molar-refractivity contribution is 0.187. The Morgan fingerprint density at radius 1 is 1.33 bits per heavy atom. The number of hydrogen-bond donors (Lipinski definition) is 1. The summed E-state index contributed by atoms with van der Waals surface area (Å²) >= 11 is 0. The van der Waals surface area contributed by atoms with Gasteiger partial charge in [0.05, 0.1) is 12.0 Å². The topological polar surface area (TPSA) is 72.5 Å². The van der Waals surface area contributed by atoms with Gasteiger partial charge in [-0.3, -0.25) is 5.32 Å². The van der Waals surface area contributed by atoms with Crippen molar-refractivity contribution in [1.29, 1.82) is 0 Å². The van der Waals surface area contributed by atoms with Crippen LogP contribution in [0.3, 0.4) is 0 Å². The van der Waals surface area contributed by atoms with E-state index in [0.717, 1.165) is 12.1 Å². The number of carbonyl (C=O) groups is 1. The minimum atomic E-state index is -4.70. The first-order chi connectivity index (χ1) is 6.93. The molecule has 0 fully saturated rings. The van der Waals surface area contributed by atoms with Gasteiger partial charge in [0.15, 0.2) is 0 Å².